The number of fused-ring (bicyclic) bond motifs is 1. The van der Waals surface area contributed by atoms with E-state index in [0.717, 1.165) is 0 Å². The highest BCUT2D eigenvalue weighted by molar-refractivity contribution is 6.30. The average molecular weight is 419 g/mol. The Morgan fingerprint density at radius 2 is 2.00 bits per heavy atom. The van der Waals surface area contributed by atoms with Crippen LogP contribution >= 0.6 is 11.6 Å². The van der Waals surface area contributed by atoms with Crippen LogP contribution < -0.4 is 10.9 Å². The summed E-state index contributed by atoms with van der Waals surface area (Å²) in [6.07, 6.45) is -0.618. The summed E-state index contributed by atoms with van der Waals surface area (Å²) in [5.41, 5.74) is 3.86. The molecular weight excluding hydrogens is 400 g/mol. The monoisotopic (exact) mass is 418 g/mol. The molecule has 0 amide bonds. The van der Waals surface area contributed by atoms with Gasteiger partial charge in [0.25, 0.3) is 0 Å². The maximum Gasteiger partial charge on any atom is 0.181 e. The molecule has 1 spiro atoms. The summed E-state index contributed by atoms with van der Waals surface area (Å²) < 4.78 is 7.45. The predicted molar refractivity (Wildman–Crippen MR) is 103 cm³/mol. The van der Waals surface area contributed by atoms with E-state index in [0.29, 0.717) is 27.4 Å². The van der Waals surface area contributed by atoms with E-state index in [1.165, 1.54) is 11.0 Å². The Labute approximate surface area is 170 Å². The minimum atomic E-state index is -1.44. The van der Waals surface area contributed by atoms with Crippen LogP contribution in [0.4, 0.5) is 5.82 Å². The number of aliphatic hydroxyl groups is 3. The Morgan fingerprint density at radius 1 is 1.24 bits per heavy atom. The molecule has 1 aliphatic carbocycles. The fraction of sp³-hybridized carbons (Fsp3) is 0.389. The smallest absolute Gasteiger partial charge is 0.181 e. The molecule has 11 heteroatoms. The molecule has 5 N–H and O–H groups in total. The molecule has 1 aromatic carbocycles. The van der Waals surface area contributed by atoms with E-state index in [1.54, 1.807) is 37.5 Å². The molecule has 29 heavy (non-hydrogen) atoms. The van der Waals surface area contributed by atoms with Crippen molar-refractivity contribution >= 4 is 28.5 Å². The fourth-order valence-electron chi connectivity index (χ4n) is 4.14. The Bertz CT molecular complexity index is 1080. The molecule has 3 aromatic rings. The van der Waals surface area contributed by atoms with Gasteiger partial charge in [0, 0.05) is 18.5 Å². The zero-order valence-electron chi connectivity index (χ0n) is 15.3. The van der Waals surface area contributed by atoms with Crippen LogP contribution in [0.25, 0.3) is 11.0 Å². The van der Waals surface area contributed by atoms with E-state index in [-0.39, 0.29) is 6.42 Å². The summed E-state index contributed by atoms with van der Waals surface area (Å²) in [6, 6.07) is 6.67. The first kappa shape index (κ1) is 18.7. The number of halogens is 1. The van der Waals surface area contributed by atoms with E-state index in [2.05, 4.69) is 25.9 Å². The largest absolute Gasteiger partial charge is 0.387 e. The van der Waals surface area contributed by atoms with Gasteiger partial charge < -0.3 is 25.5 Å². The molecule has 5 atom stereocenters. The van der Waals surface area contributed by atoms with Crippen molar-refractivity contribution in [2.24, 2.45) is 0 Å². The summed E-state index contributed by atoms with van der Waals surface area (Å²) >= 11 is 5.93. The number of hydrogen-bond acceptors (Lipinski definition) is 9. The molecule has 0 radical (unpaired) electrons. The van der Waals surface area contributed by atoms with Gasteiger partial charge in [-0.1, -0.05) is 23.7 Å². The average Bonchev–Trinajstić information content (AvgIpc) is 2.99. The summed E-state index contributed by atoms with van der Waals surface area (Å²) in [7, 11) is 1.70. The molecule has 152 valence electrons. The van der Waals surface area contributed by atoms with Crippen molar-refractivity contribution in [3.63, 3.8) is 0 Å². The second-order valence-corrected chi connectivity index (χ2v) is 7.74. The van der Waals surface area contributed by atoms with Gasteiger partial charge in [-0.25, -0.2) is 20.1 Å². The number of nitrogens with one attached hydrogen (secondary N) is 2. The van der Waals surface area contributed by atoms with Crippen LogP contribution in [0.2, 0.25) is 5.02 Å². The van der Waals surface area contributed by atoms with Crippen molar-refractivity contribution in [2.45, 2.75) is 36.1 Å². The number of ether oxygens (including phenoxy) is 1. The van der Waals surface area contributed by atoms with Gasteiger partial charge in [-0.2, -0.15) is 5.10 Å². The van der Waals surface area contributed by atoms with Crippen LogP contribution in [0.3, 0.4) is 0 Å². The lowest BCUT2D eigenvalue weighted by molar-refractivity contribution is -0.0927. The predicted octanol–water partition coefficient (Wildman–Crippen LogP) is 0.307. The number of rotatable bonds is 4. The van der Waals surface area contributed by atoms with Crippen LogP contribution in [0.1, 0.15) is 18.2 Å². The summed E-state index contributed by atoms with van der Waals surface area (Å²) in [5.74, 6) is 0.510. The second kappa shape index (κ2) is 6.33. The lowest BCUT2D eigenvalue weighted by Gasteiger charge is -2.20. The highest BCUT2D eigenvalue weighted by Gasteiger charge is 2.78. The van der Waals surface area contributed by atoms with Crippen molar-refractivity contribution in [3.8, 4) is 0 Å². The van der Waals surface area contributed by atoms with Gasteiger partial charge in [-0.05, 0) is 17.7 Å². The zero-order chi connectivity index (χ0) is 20.4. The Kier molecular flexibility index (Phi) is 4.07. The van der Waals surface area contributed by atoms with Crippen LogP contribution in [0.5, 0.6) is 0 Å². The lowest BCUT2D eigenvalue weighted by atomic mass is 9.99. The van der Waals surface area contributed by atoms with Crippen molar-refractivity contribution in [3.05, 3.63) is 47.4 Å². The van der Waals surface area contributed by atoms with Gasteiger partial charge >= 0.3 is 0 Å². The molecule has 3 heterocycles. The second-order valence-electron chi connectivity index (χ2n) is 7.30. The number of nitrogens with zero attached hydrogens (tertiary/aromatic N) is 4. The standard InChI is InChI=1S/C18H19ClN6O4/c1-20-24-14-11-6-23-25(15(11)22-8-21-14)16-12(26)13(27)18(29-16)7-17(18,28)9-2-4-10(19)5-3-9/h2-6,8,12-13,16,20,26-28H,7H2,1H3,(H,21,22,24)/t12-,13+,16-,17-,18+/m1/s1. The van der Waals surface area contributed by atoms with Crippen molar-refractivity contribution in [2.75, 3.05) is 12.5 Å². The van der Waals surface area contributed by atoms with Gasteiger partial charge in [0.1, 0.15) is 29.7 Å². The van der Waals surface area contributed by atoms with Crippen LogP contribution in [0.15, 0.2) is 36.8 Å². The van der Waals surface area contributed by atoms with E-state index < -0.39 is 29.6 Å². The van der Waals surface area contributed by atoms with Gasteiger partial charge in [0.2, 0.25) is 0 Å². The third-order valence-corrected chi connectivity index (χ3v) is 5.97. The minimum Gasteiger partial charge on any atom is -0.387 e. The minimum absolute atomic E-state index is 0.136. The van der Waals surface area contributed by atoms with Gasteiger partial charge in [0.15, 0.2) is 17.7 Å². The van der Waals surface area contributed by atoms with Gasteiger partial charge in [-0.3, -0.25) is 0 Å². The number of aliphatic hydroxyl groups excluding tert-OH is 2. The summed E-state index contributed by atoms with van der Waals surface area (Å²) in [5, 5.41) is 38.1. The Balaban J connectivity index is 1.51. The maximum atomic E-state index is 11.2. The third-order valence-electron chi connectivity index (χ3n) is 5.72. The molecule has 2 fully saturated rings. The molecule has 0 bridgehead atoms. The van der Waals surface area contributed by atoms with E-state index >= 15 is 0 Å². The highest BCUT2D eigenvalue weighted by atomic mass is 35.5. The Morgan fingerprint density at radius 3 is 2.72 bits per heavy atom. The first-order valence-corrected chi connectivity index (χ1v) is 9.42. The van der Waals surface area contributed by atoms with Gasteiger partial charge in [-0.15, -0.1) is 0 Å². The quantitative estimate of drug-likeness (QED) is 0.379. The summed E-state index contributed by atoms with van der Waals surface area (Å²) in [6.45, 7) is 0. The molecule has 1 saturated carbocycles. The van der Waals surface area contributed by atoms with Gasteiger partial charge in [0.05, 0.1) is 11.6 Å². The Hall–Kier alpha value is -2.34. The molecule has 10 nitrogen and oxygen atoms in total. The zero-order valence-corrected chi connectivity index (χ0v) is 16.1. The van der Waals surface area contributed by atoms with Crippen molar-refractivity contribution < 1.29 is 20.1 Å². The molecule has 1 saturated heterocycles. The molecule has 5 rings (SSSR count). The highest BCUT2D eigenvalue weighted by Crippen LogP contribution is 2.65. The summed E-state index contributed by atoms with van der Waals surface area (Å²) in [4.78, 5) is 8.37. The molecule has 0 unspecified atom stereocenters. The molecule has 2 aromatic heterocycles. The lowest BCUT2D eigenvalue weighted by Crippen LogP contribution is -2.38. The number of hydrogen-bond donors (Lipinski definition) is 5. The molecule has 2 aliphatic rings. The van der Waals surface area contributed by atoms with E-state index in [1.807, 2.05) is 0 Å². The normalized spacial score (nSPS) is 33.5. The van der Waals surface area contributed by atoms with Crippen LogP contribution in [-0.4, -0.2) is 59.9 Å². The maximum absolute atomic E-state index is 11.2. The fourth-order valence-corrected chi connectivity index (χ4v) is 4.27. The topological polar surface area (TPSA) is 138 Å². The van der Waals surface area contributed by atoms with Crippen LogP contribution in [0, 0.1) is 0 Å². The van der Waals surface area contributed by atoms with E-state index in [9.17, 15) is 15.3 Å². The SMILES string of the molecule is CNNc1ncnc2c1cnn2[C@@H]1O[C@@]2(C[C@@]2(O)c2ccc(Cl)cc2)[C@@H](O)[C@H]1O. The van der Waals surface area contributed by atoms with Crippen molar-refractivity contribution in [1.29, 1.82) is 0 Å². The molecule has 1 aliphatic heterocycles. The number of aromatic nitrogens is 4. The van der Waals surface area contributed by atoms with E-state index in [4.69, 9.17) is 16.3 Å². The van der Waals surface area contributed by atoms with Crippen LogP contribution in [-0.2, 0) is 10.3 Å². The van der Waals surface area contributed by atoms with Crippen molar-refractivity contribution in [1.82, 2.24) is 25.2 Å². The number of benzene rings is 1. The third kappa shape index (κ3) is 2.51. The molecular formula is C18H19ClN6O4. The first-order chi connectivity index (χ1) is 13.9. The number of anilines is 1. The number of hydrazine groups is 1. The first-order valence-electron chi connectivity index (χ1n) is 9.04.